The minimum atomic E-state index is -0.484. The van der Waals surface area contributed by atoms with Crippen LogP contribution in [0.15, 0.2) is 0 Å². The molecule has 0 atom stereocenters. The van der Waals surface area contributed by atoms with Crippen molar-refractivity contribution < 1.29 is 15.6 Å². The normalized spacial score (nSPS) is 28.5. The van der Waals surface area contributed by atoms with E-state index in [1.807, 2.05) is 27.7 Å². The second-order valence-corrected chi connectivity index (χ2v) is 16.9. The van der Waals surface area contributed by atoms with Crippen molar-refractivity contribution in [1.82, 2.24) is 30.1 Å². The van der Waals surface area contributed by atoms with Gasteiger partial charge in [-0.3, -0.25) is 0 Å². The summed E-state index contributed by atoms with van der Waals surface area (Å²) in [7, 11) is 0. The van der Waals surface area contributed by atoms with E-state index in [-0.39, 0.29) is 24.1 Å². The summed E-state index contributed by atoms with van der Waals surface area (Å²) in [5.74, 6) is 1.07. The van der Waals surface area contributed by atoms with Gasteiger partial charge in [-0.2, -0.15) is 30.1 Å². The van der Waals surface area contributed by atoms with Crippen LogP contribution in [0.4, 0.5) is 17.8 Å². The van der Waals surface area contributed by atoms with Crippen LogP contribution < -0.4 is 16.0 Å². The number of hydrogen-bond donors (Lipinski definition) is 5. The topological polar surface area (TPSA) is 150 Å². The van der Waals surface area contributed by atoms with Gasteiger partial charge in [0.1, 0.15) is 0 Å². The van der Waals surface area contributed by atoms with Gasteiger partial charge >= 0.3 is 0 Å². The maximum absolute atomic E-state index is 11.1. The fourth-order valence-electron chi connectivity index (χ4n) is 8.57. The van der Waals surface area contributed by atoms with Gasteiger partial charge in [-0.15, -0.1) is 0 Å². The Morgan fingerprint density at radius 3 is 1.29 bits per heavy atom. The molecule has 1 aromatic heterocycles. The molecule has 3 aliphatic heterocycles. The van der Waals surface area contributed by atoms with Gasteiger partial charge in [-0.25, -0.2) is 0 Å². The first kappa shape index (κ1) is 33.1. The molecule has 0 amide bonds. The maximum atomic E-state index is 11.1. The van der Waals surface area contributed by atoms with Crippen LogP contribution in [0.2, 0.25) is 0 Å². The van der Waals surface area contributed by atoms with Crippen LogP contribution >= 0.6 is 0 Å². The third-order valence-corrected chi connectivity index (χ3v) is 9.86. The second kappa shape index (κ2) is 10.4. The fraction of sp³-hybridized carbons (Fsp3) is 0.900. The van der Waals surface area contributed by atoms with E-state index in [1.165, 1.54) is 15.2 Å². The number of hydrogen-bond acceptors (Lipinski definition) is 12. The molecule has 0 saturated carbocycles. The highest BCUT2D eigenvalue weighted by atomic mass is 16.5. The lowest BCUT2D eigenvalue weighted by Gasteiger charge is -2.58. The molecule has 0 aromatic carbocycles. The molecule has 0 aliphatic carbocycles. The van der Waals surface area contributed by atoms with Gasteiger partial charge in [0.05, 0.1) is 0 Å². The molecule has 3 fully saturated rings. The highest BCUT2D eigenvalue weighted by Gasteiger charge is 2.52. The summed E-state index contributed by atoms with van der Waals surface area (Å²) in [6, 6.07) is 0.0308. The van der Waals surface area contributed by atoms with E-state index in [0.717, 1.165) is 0 Å². The molecule has 3 aliphatic rings. The van der Waals surface area contributed by atoms with Crippen LogP contribution in [0.25, 0.3) is 0 Å². The number of aromatic nitrogens is 3. The molecule has 240 valence electrons. The van der Waals surface area contributed by atoms with E-state index < -0.39 is 33.2 Å². The van der Waals surface area contributed by atoms with Crippen molar-refractivity contribution >= 4 is 17.8 Å². The van der Waals surface area contributed by atoms with Crippen LogP contribution in [0.5, 0.6) is 0 Å². The number of piperidine rings is 3. The van der Waals surface area contributed by atoms with E-state index in [4.69, 9.17) is 15.7 Å². The Bertz CT molecular complexity index is 1060. The van der Waals surface area contributed by atoms with Crippen LogP contribution in [0.1, 0.15) is 122 Å². The van der Waals surface area contributed by atoms with Gasteiger partial charge in [0.2, 0.25) is 17.8 Å². The van der Waals surface area contributed by atoms with Crippen molar-refractivity contribution in [3.63, 3.8) is 0 Å². The fourth-order valence-corrected chi connectivity index (χ4v) is 8.57. The SMILES string of the molecule is CC1(C)CC(Nc2nc(N)nc(N(C3CC(C)(C)N(O)C(C)(C)C3)C3CC(C)(C)N(O)C(C)(C)C3)n2)CC(C)(C)N1O. The lowest BCUT2D eigenvalue weighted by atomic mass is 9.75. The molecular formula is C30H57N9O3. The average Bonchev–Trinajstić information content (AvgIpc) is 2.78. The van der Waals surface area contributed by atoms with Crippen LogP contribution in [-0.4, -0.2) is 97.1 Å². The minimum absolute atomic E-state index is 0.00499. The van der Waals surface area contributed by atoms with Crippen molar-refractivity contribution in [1.29, 1.82) is 0 Å². The molecule has 0 spiro atoms. The lowest BCUT2D eigenvalue weighted by molar-refractivity contribution is -0.251. The summed E-state index contributed by atoms with van der Waals surface area (Å²) in [4.78, 5) is 16.5. The first-order chi connectivity index (χ1) is 18.9. The Kier molecular flexibility index (Phi) is 8.17. The van der Waals surface area contributed by atoms with E-state index in [9.17, 15) is 15.6 Å². The average molecular weight is 592 g/mol. The van der Waals surface area contributed by atoms with Crippen molar-refractivity contribution in [3.05, 3.63) is 0 Å². The monoisotopic (exact) mass is 591 g/mol. The largest absolute Gasteiger partial charge is 0.368 e. The van der Waals surface area contributed by atoms with Crippen molar-refractivity contribution in [2.45, 2.75) is 173 Å². The van der Waals surface area contributed by atoms with E-state index in [1.54, 1.807) is 0 Å². The van der Waals surface area contributed by atoms with Crippen molar-refractivity contribution in [2.75, 3.05) is 16.0 Å². The molecule has 3 saturated heterocycles. The molecule has 4 heterocycles. The Morgan fingerprint density at radius 2 is 0.929 bits per heavy atom. The quantitative estimate of drug-likeness (QED) is 0.317. The summed E-state index contributed by atoms with van der Waals surface area (Å²) in [6.07, 6.45) is 4.17. The van der Waals surface area contributed by atoms with Crippen molar-refractivity contribution in [3.8, 4) is 0 Å². The maximum Gasteiger partial charge on any atom is 0.232 e. The van der Waals surface area contributed by atoms with Gasteiger partial charge in [-0.1, -0.05) is 0 Å². The van der Waals surface area contributed by atoms with Gasteiger partial charge < -0.3 is 31.6 Å². The predicted molar refractivity (Wildman–Crippen MR) is 165 cm³/mol. The molecule has 6 N–H and O–H groups in total. The zero-order valence-corrected chi connectivity index (χ0v) is 28.0. The highest BCUT2D eigenvalue weighted by Crippen LogP contribution is 2.45. The molecular weight excluding hydrogens is 534 g/mol. The standard InChI is InChI=1S/C30H57N9O3/c1-25(2)13-19(14-26(3,4)37(25)40)32-23-33-22(31)34-24(35-23)36(20-15-27(5,6)38(41)28(7,8)16-20)21-17-29(9,10)39(42)30(11,12)18-21/h19-21,40-42H,13-18H2,1-12H3,(H3,31,32,33,34,35). The van der Waals surface area contributed by atoms with Gasteiger partial charge in [0, 0.05) is 51.4 Å². The first-order valence-electron chi connectivity index (χ1n) is 15.4. The predicted octanol–water partition coefficient (Wildman–Crippen LogP) is 4.90. The zero-order valence-electron chi connectivity index (χ0n) is 28.0. The number of nitrogens with two attached hydrogens (primary N) is 1. The molecule has 0 bridgehead atoms. The number of nitrogen functional groups attached to an aromatic ring is 1. The van der Waals surface area contributed by atoms with Gasteiger partial charge in [0.25, 0.3) is 0 Å². The van der Waals surface area contributed by atoms with Gasteiger partial charge in [0.15, 0.2) is 0 Å². The van der Waals surface area contributed by atoms with E-state index in [0.29, 0.717) is 50.4 Å². The molecule has 0 radical (unpaired) electrons. The molecule has 0 unspecified atom stereocenters. The third-order valence-electron chi connectivity index (χ3n) is 9.86. The van der Waals surface area contributed by atoms with Crippen LogP contribution in [0, 0.1) is 0 Å². The number of hydroxylamine groups is 6. The molecule has 12 heteroatoms. The second-order valence-electron chi connectivity index (χ2n) is 16.9. The molecule has 12 nitrogen and oxygen atoms in total. The number of nitrogens with zero attached hydrogens (tertiary/aromatic N) is 7. The molecule has 4 rings (SSSR count). The summed E-state index contributed by atoms with van der Waals surface area (Å²) in [6.45, 7) is 24.6. The van der Waals surface area contributed by atoms with E-state index in [2.05, 4.69) is 70.6 Å². The Labute approximate surface area is 252 Å². The Balaban J connectivity index is 1.76. The number of nitrogens with one attached hydrogen (secondary N) is 1. The van der Waals surface area contributed by atoms with Crippen LogP contribution in [-0.2, 0) is 0 Å². The summed E-state index contributed by atoms with van der Waals surface area (Å²) in [5.41, 5.74) is 3.57. The van der Waals surface area contributed by atoms with Crippen LogP contribution in [0.3, 0.4) is 0 Å². The first-order valence-corrected chi connectivity index (χ1v) is 15.4. The Hall–Kier alpha value is -1.83. The third kappa shape index (κ3) is 6.21. The number of anilines is 3. The highest BCUT2D eigenvalue weighted by molar-refractivity contribution is 5.45. The summed E-state index contributed by atoms with van der Waals surface area (Å²) >= 11 is 0. The minimum Gasteiger partial charge on any atom is -0.368 e. The van der Waals surface area contributed by atoms with Crippen molar-refractivity contribution in [2.24, 2.45) is 0 Å². The smallest absolute Gasteiger partial charge is 0.232 e. The molecule has 1 aromatic rings. The lowest BCUT2D eigenvalue weighted by Crippen LogP contribution is -2.67. The zero-order chi connectivity index (χ0) is 31.8. The Morgan fingerprint density at radius 1 is 0.595 bits per heavy atom. The van der Waals surface area contributed by atoms with Gasteiger partial charge in [-0.05, 0) is 122 Å². The van der Waals surface area contributed by atoms with E-state index >= 15 is 0 Å². The summed E-state index contributed by atoms with van der Waals surface area (Å²) in [5, 5.41) is 41.0. The number of rotatable bonds is 5. The summed E-state index contributed by atoms with van der Waals surface area (Å²) < 4.78 is 0. The molecule has 42 heavy (non-hydrogen) atoms.